The lowest BCUT2D eigenvalue weighted by Crippen LogP contribution is -2.45. The van der Waals surface area contributed by atoms with E-state index in [0.717, 1.165) is 32.1 Å². The zero-order chi connectivity index (χ0) is 41.4. The van der Waals surface area contributed by atoms with Crippen LogP contribution in [0.2, 0.25) is 0 Å². The first-order chi connectivity index (χ1) is 28.2. The van der Waals surface area contributed by atoms with Gasteiger partial charge in [0, 0.05) is 6.42 Å². The lowest BCUT2D eigenvalue weighted by molar-refractivity contribution is -0.123. The van der Waals surface area contributed by atoms with Gasteiger partial charge in [-0.15, -0.1) is 0 Å². The first-order valence-electron chi connectivity index (χ1n) is 26.0. The lowest BCUT2D eigenvalue weighted by atomic mass is 10.0. The molecule has 4 nitrogen and oxygen atoms in total. The van der Waals surface area contributed by atoms with Crippen molar-refractivity contribution in [3.8, 4) is 0 Å². The standard InChI is InChI=1S/C53H103NO3/c1-3-5-7-9-11-13-15-17-19-21-23-25-26-27-28-29-31-33-35-37-39-41-43-45-47-49-53(57)54-51(50-55)52(56)48-46-44-42-40-38-36-34-32-30-24-22-20-18-16-14-12-10-8-6-4-2/h23,25,27-28,51-52,55-56H,3-22,24,26,29-50H2,1-2H3,(H,54,57)/b25-23-,28-27-. The number of allylic oxidation sites excluding steroid dienone is 4. The molecule has 0 aliphatic carbocycles. The Bertz CT molecular complexity index is 825. The zero-order valence-electron chi connectivity index (χ0n) is 38.9. The van der Waals surface area contributed by atoms with Crippen LogP contribution in [-0.4, -0.2) is 34.9 Å². The summed E-state index contributed by atoms with van der Waals surface area (Å²) in [5, 5.41) is 23.3. The van der Waals surface area contributed by atoms with Gasteiger partial charge in [0.05, 0.1) is 18.8 Å². The molecular weight excluding hydrogens is 699 g/mol. The Morgan fingerprint density at radius 2 is 0.719 bits per heavy atom. The number of nitrogens with one attached hydrogen (secondary N) is 1. The van der Waals surface area contributed by atoms with Crippen LogP contribution in [0, 0.1) is 0 Å². The molecule has 0 rings (SSSR count). The number of amides is 1. The molecule has 0 aromatic rings. The van der Waals surface area contributed by atoms with Gasteiger partial charge >= 0.3 is 0 Å². The van der Waals surface area contributed by atoms with Crippen molar-refractivity contribution in [3.63, 3.8) is 0 Å². The number of hydrogen-bond acceptors (Lipinski definition) is 3. The minimum Gasteiger partial charge on any atom is -0.394 e. The van der Waals surface area contributed by atoms with Crippen LogP contribution >= 0.6 is 0 Å². The first-order valence-corrected chi connectivity index (χ1v) is 26.0. The maximum atomic E-state index is 12.5. The summed E-state index contributed by atoms with van der Waals surface area (Å²) in [5.41, 5.74) is 0. The van der Waals surface area contributed by atoms with Gasteiger partial charge in [0.25, 0.3) is 0 Å². The van der Waals surface area contributed by atoms with Crippen molar-refractivity contribution < 1.29 is 15.0 Å². The molecule has 0 aliphatic heterocycles. The molecule has 4 heteroatoms. The number of rotatable bonds is 48. The summed E-state index contributed by atoms with van der Waals surface area (Å²) in [7, 11) is 0. The second kappa shape index (κ2) is 49.2. The molecule has 0 aromatic carbocycles. The van der Waals surface area contributed by atoms with Crippen LogP contribution in [0.1, 0.15) is 290 Å². The minimum atomic E-state index is -0.660. The fourth-order valence-electron chi connectivity index (χ4n) is 8.22. The Labute approximate surface area is 358 Å². The van der Waals surface area contributed by atoms with E-state index < -0.39 is 12.1 Å². The summed E-state index contributed by atoms with van der Waals surface area (Å²) in [6.07, 6.45) is 64.3. The molecule has 57 heavy (non-hydrogen) atoms. The van der Waals surface area contributed by atoms with Crippen LogP contribution in [-0.2, 0) is 4.79 Å². The molecule has 1 amide bonds. The van der Waals surface area contributed by atoms with Gasteiger partial charge in [0.2, 0.25) is 5.91 Å². The summed E-state index contributed by atoms with van der Waals surface area (Å²) in [6, 6.07) is -0.538. The molecule has 2 unspecified atom stereocenters. The van der Waals surface area contributed by atoms with Crippen molar-refractivity contribution in [1.82, 2.24) is 5.32 Å². The highest BCUT2D eigenvalue weighted by molar-refractivity contribution is 5.76. The molecule has 338 valence electrons. The van der Waals surface area contributed by atoms with Crippen molar-refractivity contribution in [2.75, 3.05) is 6.61 Å². The number of carbonyl (C=O) groups excluding carboxylic acids is 1. The molecule has 0 saturated carbocycles. The molecule has 0 bridgehead atoms. The third kappa shape index (κ3) is 45.8. The molecule has 3 N–H and O–H groups in total. The fraction of sp³-hybridized carbons (Fsp3) is 0.906. The molecule has 0 saturated heterocycles. The predicted molar refractivity (Wildman–Crippen MR) is 253 cm³/mol. The van der Waals surface area contributed by atoms with Crippen molar-refractivity contribution in [3.05, 3.63) is 24.3 Å². The topological polar surface area (TPSA) is 69.6 Å². The van der Waals surface area contributed by atoms with E-state index in [-0.39, 0.29) is 12.5 Å². The minimum absolute atomic E-state index is 0.0317. The highest BCUT2D eigenvalue weighted by atomic mass is 16.3. The van der Waals surface area contributed by atoms with E-state index in [1.807, 2.05) is 0 Å². The molecular formula is C53H103NO3. The van der Waals surface area contributed by atoms with Crippen LogP contribution in [0.4, 0.5) is 0 Å². The Kier molecular flexibility index (Phi) is 48.3. The average molecular weight is 802 g/mol. The van der Waals surface area contributed by atoms with E-state index in [1.165, 1.54) is 231 Å². The van der Waals surface area contributed by atoms with Gasteiger partial charge in [-0.1, -0.05) is 263 Å². The summed E-state index contributed by atoms with van der Waals surface area (Å²) < 4.78 is 0. The fourth-order valence-corrected chi connectivity index (χ4v) is 8.22. The van der Waals surface area contributed by atoms with Crippen molar-refractivity contribution >= 4 is 5.91 Å². The van der Waals surface area contributed by atoms with Crippen LogP contribution in [0.15, 0.2) is 24.3 Å². The van der Waals surface area contributed by atoms with Gasteiger partial charge in [-0.3, -0.25) is 4.79 Å². The second-order valence-electron chi connectivity index (χ2n) is 17.9. The molecule has 0 spiro atoms. The Balaban J connectivity index is 3.48. The third-order valence-corrected chi connectivity index (χ3v) is 12.2. The summed E-state index contributed by atoms with van der Waals surface area (Å²) in [4.78, 5) is 12.5. The Hall–Kier alpha value is -1.13. The largest absolute Gasteiger partial charge is 0.394 e. The quantitative estimate of drug-likeness (QED) is 0.0424. The second-order valence-corrected chi connectivity index (χ2v) is 17.9. The molecule has 0 aliphatic rings. The molecule has 0 fully saturated rings. The van der Waals surface area contributed by atoms with E-state index in [0.29, 0.717) is 12.8 Å². The highest BCUT2D eigenvalue weighted by Gasteiger charge is 2.20. The highest BCUT2D eigenvalue weighted by Crippen LogP contribution is 2.17. The van der Waals surface area contributed by atoms with Crippen molar-refractivity contribution in [1.29, 1.82) is 0 Å². The van der Waals surface area contributed by atoms with Gasteiger partial charge < -0.3 is 15.5 Å². The van der Waals surface area contributed by atoms with Gasteiger partial charge in [-0.25, -0.2) is 0 Å². The van der Waals surface area contributed by atoms with Gasteiger partial charge in [0.15, 0.2) is 0 Å². The van der Waals surface area contributed by atoms with Crippen LogP contribution < -0.4 is 5.32 Å². The third-order valence-electron chi connectivity index (χ3n) is 12.2. The summed E-state index contributed by atoms with van der Waals surface area (Å²) in [6.45, 7) is 4.38. The van der Waals surface area contributed by atoms with Crippen LogP contribution in [0.5, 0.6) is 0 Å². The van der Waals surface area contributed by atoms with Gasteiger partial charge in [-0.2, -0.15) is 0 Å². The molecule has 0 heterocycles. The lowest BCUT2D eigenvalue weighted by Gasteiger charge is -2.22. The number of aliphatic hydroxyl groups is 2. The monoisotopic (exact) mass is 802 g/mol. The smallest absolute Gasteiger partial charge is 0.220 e. The van der Waals surface area contributed by atoms with Crippen molar-refractivity contribution in [2.45, 2.75) is 302 Å². The number of carbonyl (C=O) groups is 1. The Morgan fingerprint density at radius 1 is 0.421 bits per heavy atom. The molecule has 2 atom stereocenters. The summed E-state index contributed by atoms with van der Waals surface area (Å²) in [5.74, 6) is -0.0317. The molecule has 0 aromatic heterocycles. The number of unbranched alkanes of at least 4 members (excludes halogenated alkanes) is 37. The van der Waals surface area contributed by atoms with E-state index in [1.54, 1.807) is 0 Å². The normalized spacial score (nSPS) is 13.0. The Morgan fingerprint density at radius 3 is 1.05 bits per heavy atom. The van der Waals surface area contributed by atoms with E-state index in [2.05, 4.69) is 43.5 Å². The maximum absolute atomic E-state index is 12.5. The summed E-state index contributed by atoms with van der Waals surface area (Å²) >= 11 is 0. The average Bonchev–Trinajstić information content (AvgIpc) is 3.22. The van der Waals surface area contributed by atoms with E-state index in [9.17, 15) is 15.0 Å². The van der Waals surface area contributed by atoms with E-state index >= 15 is 0 Å². The first kappa shape index (κ1) is 55.9. The SMILES string of the molecule is CCCCCCCCCCC/C=C\C/C=C\CCCCCCCCCCCC(=O)NC(CO)C(O)CCCCCCCCCCCCCCCCCCCCCC. The number of hydrogen-bond donors (Lipinski definition) is 3. The number of aliphatic hydroxyl groups excluding tert-OH is 2. The molecule has 0 radical (unpaired) electrons. The van der Waals surface area contributed by atoms with Gasteiger partial charge in [-0.05, 0) is 44.9 Å². The van der Waals surface area contributed by atoms with Crippen molar-refractivity contribution in [2.24, 2.45) is 0 Å². The van der Waals surface area contributed by atoms with Crippen LogP contribution in [0.3, 0.4) is 0 Å². The van der Waals surface area contributed by atoms with E-state index in [4.69, 9.17) is 0 Å². The zero-order valence-corrected chi connectivity index (χ0v) is 38.9. The van der Waals surface area contributed by atoms with Crippen LogP contribution in [0.25, 0.3) is 0 Å². The predicted octanol–water partition coefficient (Wildman–Crippen LogP) is 16.8. The van der Waals surface area contributed by atoms with Gasteiger partial charge in [0.1, 0.15) is 0 Å². The maximum Gasteiger partial charge on any atom is 0.220 e.